The van der Waals surface area contributed by atoms with E-state index in [9.17, 15) is 9.18 Å². The van der Waals surface area contributed by atoms with Crippen molar-refractivity contribution < 1.29 is 9.18 Å². The van der Waals surface area contributed by atoms with Gasteiger partial charge in [-0.05, 0) is 54.8 Å². The number of carbonyl (C=O) groups is 1. The molecule has 2 aliphatic rings. The number of carbonyl (C=O) groups excluding carboxylic acids is 1. The molecule has 2 saturated heterocycles. The molecule has 2 aromatic carbocycles. The summed E-state index contributed by atoms with van der Waals surface area (Å²) in [6.07, 6.45) is 2.16. The van der Waals surface area contributed by atoms with Gasteiger partial charge in [0.2, 0.25) is 0 Å². The molecule has 33 heavy (non-hydrogen) atoms. The molecule has 0 unspecified atom stereocenters. The molecule has 2 amide bonds. The van der Waals surface area contributed by atoms with E-state index in [-0.39, 0.29) is 35.8 Å². The number of rotatable bonds is 4. The first kappa shape index (κ1) is 25.1. The summed E-state index contributed by atoms with van der Waals surface area (Å²) in [5.41, 5.74) is 2.93. The number of guanidine groups is 1. The predicted molar refractivity (Wildman–Crippen MR) is 142 cm³/mol. The first-order chi connectivity index (χ1) is 15.6. The van der Waals surface area contributed by atoms with Crippen LogP contribution < -0.4 is 15.5 Å². The van der Waals surface area contributed by atoms with Crippen molar-refractivity contribution in [3.05, 3.63) is 59.9 Å². The highest BCUT2D eigenvalue weighted by Gasteiger charge is 2.20. The normalized spacial score (nSPS) is 16.4. The van der Waals surface area contributed by atoms with Gasteiger partial charge in [0.25, 0.3) is 0 Å². The van der Waals surface area contributed by atoms with Crippen LogP contribution in [-0.2, 0) is 6.54 Å². The Morgan fingerprint density at radius 2 is 1.67 bits per heavy atom. The van der Waals surface area contributed by atoms with Crippen LogP contribution in [0.3, 0.4) is 0 Å². The minimum absolute atomic E-state index is 0. The molecule has 2 aromatic rings. The number of piperazine rings is 1. The SMILES string of the molecule is CN=C(NCc1cccc(NC(=O)N2CCCC2)c1)N1CCN(c2ccc(F)cc2)CC1.I. The van der Waals surface area contributed by atoms with E-state index in [1.807, 2.05) is 41.3 Å². The molecule has 0 radical (unpaired) electrons. The summed E-state index contributed by atoms with van der Waals surface area (Å²) in [5.74, 6) is 0.645. The fourth-order valence-electron chi connectivity index (χ4n) is 4.22. The number of nitrogens with one attached hydrogen (secondary N) is 2. The zero-order valence-corrected chi connectivity index (χ0v) is 21.3. The number of amides is 2. The van der Waals surface area contributed by atoms with E-state index in [4.69, 9.17) is 0 Å². The molecule has 7 nitrogen and oxygen atoms in total. The lowest BCUT2D eigenvalue weighted by Crippen LogP contribution is -2.52. The zero-order valence-electron chi connectivity index (χ0n) is 19.0. The summed E-state index contributed by atoms with van der Waals surface area (Å²) >= 11 is 0. The quantitative estimate of drug-likeness (QED) is 0.334. The predicted octanol–water partition coefficient (Wildman–Crippen LogP) is 3.97. The summed E-state index contributed by atoms with van der Waals surface area (Å²) in [7, 11) is 1.79. The highest BCUT2D eigenvalue weighted by atomic mass is 127. The van der Waals surface area contributed by atoms with Gasteiger partial charge in [-0.3, -0.25) is 4.99 Å². The number of nitrogens with zero attached hydrogens (tertiary/aromatic N) is 4. The van der Waals surface area contributed by atoms with Gasteiger partial charge in [0.05, 0.1) is 0 Å². The van der Waals surface area contributed by atoms with Crippen molar-refractivity contribution in [2.75, 3.05) is 56.5 Å². The van der Waals surface area contributed by atoms with Gasteiger partial charge in [-0.1, -0.05) is 12.1 Å². The van der Waals surface area contributed by atoms with Crippen molar-refractivity contribution in [1.29, 1.82) is 0 Å². The fourth-order valence-corrected chi connectivity index (χ4v) is 4.22. The largest absolute Gasteiger partial charge is 0.368 e. The topological polar surface area (TPSA) is 63.2 Å². The van der Waals surface area contributed by atoms with Crippen LogP contribution in [0.4, 0.5) is 20.6 Å². The summed E-state index contributed by atoms with van der Waals surface area (Å²) in [6, 6.07) is 14.6. The smallest absolute Gasteiger partial charge is 0.321 e. The lowest BCUT2D eigenvalue weighted by Gasteiger charge is -2.37. The molecule has 0 saturated carbocycles. The summed E-state index contributed by atoms with van der Waals surface area (Å²) in [6.45, 7) is 5.66. The standard InChI is InChI=1S/C24H31FN6O.HI/c1-26-23(30-15-13-29(14-16-30)22-9-7-20(25)8-10-22)27-18-19-5-4-6-21(17-19)28-24(32)31-11-2-3-12-31;/h4-10,17H,2-3,11-16,18H2,1H3,(H,26,27)(H,28,32);1H. The molecule has 178 valence electrons. The van der Waals surface area contributed by atoms with E-state index in [1.54, 1.807) is 7.05 Å². The van der Waals surface area contributed by atoms with Crippen LogP contribution in [-0.4, -0.2) is 68.1 Å². The molecule has 2 heterocycles. The average Bonchev–Trinajstić information content (AvgIpc) is 3.36. The van der Waals surface area contributed by atoms with Crippen LogP contribution in [0.5, 0.6) is 0 Å². The highest BCUT2D eigenvalue weighted by Crippen LogP contribution is 2.17. The number of halogens is 2. The van der Waals surface area contributed by atoms with E-state index in [2.05, 4.69) is 25.4 Å². The lowest BCUT2D eigenvalue weighted by atomic mass is 10.2. The molecular formula is C24H32FIN6O. The monoisotopic (exact) mass is 566 g/mol. The molecular weight excluding hydrogens is 534 g/mol. The third-order valence-electron chi connectivity index (χ3n) is 6.00. The molecule has 9 heteroatoms. The van der Waals surface area contributed by atoms with Crippen molar-refractivity contribution in [3.63, 3.8) is 0 Å². The third kappa shape index (κ3) is 6.72. The number of likely N-dealkylation sites (tertiary alicyclic amines) is 1. The van der Waals surface area contributed by atoms with Crippen LogP contribution in [0, 0.1) is 5.82 Å². The molecule has 0 atom stereocenters. The molecule has 0 bridgehead atoms. The Kier molecular flexibility index (Phi) is 9.16. The summed E-state index contributed by atoms with van der Waals surface area (Å²) in [4.78, 5) is 23.1. The van der Waals surface area contributed by atoms with Crippen molar-refractivity contribution in [2.45, 2.75) is 19.4 Å². The van der Waals surface area contributed by atoms with Gasteiger partial charge in [-0.2, -0.15) is 0 Å². The van der Waals surface area contributed by atoms with Crippen molar-refractivity contribution in [3.8, 4) is 0 Å². The molecule has 0 aliphatic carbocycles. The van der Waals surface area contributed by atoms with Crippen molar-refractivity contribution in [2.24, 2.45) is 4.99 Å². The maximum atomic E-state index is 13.2. The Hall–Kier alpha value is -2.56. The van der Waals surface area contributed by atoms with Gasteiger partial charge in [0.15, 0.2) is 5.96 Å². The first-order valence-electron chi connectivity index (χ1n) is 11.2. The van der Waals surface area contributed by atoms with Crippen molar-refractivity contribution in [1.82, 2.24) is 15.1 Å². The number of anilines is 2. The Bertz CT molecular complexity index is 940. The molecule has 2 aliphatic heterocycles. The van der Waals surface area contributed by atoms with Crippen molar-refractivity contribution >= 4 is 47.3 Å². The van der Waals surface area contributed by atoms with Gasteiger partial charge >= 0.3 is 6.03 Å². The number of hydrogen-bond acceptors (Lipinski definition) is 3. The summed E-state index contributed by atoms with van der Waals surface area (Å²) in [5, 5.41) is 6.44. The zero-order chi connectivity index (χ0) is 22.3. The van der Waals surface area contributed by atoms with Gasteiger partial charge in [0, 0.05) is 64.2 Å². The minimum Gasteiger partial charge on any atom is -0.368 e. The Morgan fingerprint density at radius 3 is 2.33 bits per heavy atom. The fraction of sp³-hybridized carbons (Fsp3) is 0.417. The van der Waals surface area contributed by atoms with E-state index < -0.39 is 0 Å². The van der Waals surface area contributed by atoms with Gasteiger partial charge in [-0.25, -0.2) is 9.18 Å². The van der Waals surface area contributed by atoms with Crippen LogP contribution in [0.15, 0.2) is 53.5 Å². The number of hydrogen-bond donors (Lipinski definition) is 2. The van der Waals surface area contributed by atoms with Gasteiger partial charge in [0.1, 0.15) is 5.82 Å². The maximum absolute atomic E-state index is 13.2. The van der Waals surface area contributed by atoms with E-state index in [0.29, 0.717) is 6.54 Å². The van der Waals surface area contributed by atoms with Crippen LogP contribution in [0.1, 0.15) is 18.4 Å². The molecule has 0 aromatic heterocycles. The minimum atomic E-state index is -0.211. The Labute approximate surface area is 212 Å². The number of benzene rings is 2. The molecule has 2 fully saturated rings. The molecule has 4 rings (SSSR count). The Balaban J connectivity index is 0.00000306. The van der Waals surface area contributed by atoms with Crippen LogP contribution >= 0.6 is 24.0 Å². The molecule has 2 N–H and O–H groups in total. The van der Waals surface area contributed by atoms with Gasteiger partial charge < -0.3 is 25.3 Å². The van der Waals surface area contributed by atoms with Gasteiger partial charge in [-0.15, -0.1) is 24.0 Å². The second-order valence-electron chi connectivity index (χ2n) is 8.18. The van der Waals surface area contributed by atoms with E-state index >= 15 is 0 Å². The first-order valence-corrected chi connectivity index (χ1v) is 11.2. The third-order valence-corrected chi connectivity index (χ3v) is 6.00. The lowest BCUT2D eigenvalue weighted by molar-refractivity contribution is 0.222. The van der Waals surface area contributed by atoms with Crippen LogP contribution in [0.25, 0.3) is 0 Å². The second-order valence-corrected chi connectivity index (χ2v) is 8.18. The molecule has 0 spiro atoms. The number of aliphatic imine (C=N–C) groups is 1. The highest BCUT2D eigenvalue weighted by molar-refractivity contribution is 14.0. The maximum Gasteiger partial charge on any atom is 0.321 e. The van der Waals surface area contributed by atoms with E-state index in [0.717, 1.165) is 75.0 Å². The summed E-state index contributed by atoms with van der Waals surface area (Å²) < 4.78 is 13.2. The average molecular weight is 566 g/mol. The Morgan fingerprint density at radius 1 is 0.970 bits per heavy atom. The number of urea groups is 1. The second kappa shape index (κ2) is 12.1. The van der Waals surface area contributed by atoms with E-state index in [1.165, 1.54) is 12.1 Å². The van der Waals surface area contributed by atoms with Crippen LogP contribution in [0.2, 0.25) is 0 Å².